The topological polar surface area (TPSA) is 44.1 Å². The highest BCUT2D eigenvalue weighted by Crippen LogP contribution is 2.22. The molecule has 4 heteroatoms. The summed E-state index contributed by atoms with van der Waals surface area (Å²) in [6, 6.07) is 7.78. The van der Waals surface area contributed by atoms with Crippen LogP contribution in [0.5, 0.6) is 0 Å². The Morgan fingerprint density at radius 2 is 2.22 bits per heavy atom. The van der Waals surface area contributed by atoms with E-state index in [1.54, 1.807) is 11.0 Å². The Morgan fingerprint density at radius 3 is 2.78 bits per heavy atom. The Balaban J connectivity index is 2.97. The Bertz CT molecular complexity index is 479. The van der Waals surface area contributed by atoms with Crippen LogP contribution >= 0.6 is 15.9 Å². The fourth-order valence-electron chi connectivity index (χ4n) is 1.71. The number of nitriles is 1. The molecule has 0 N–H and O–H groups in total. The molecule has 1 rings (SSSR count). The number of carbonyl (C=O) groups excluding carboxylic acids is 1. The second-order valence-corrected chi connectivity index (χ2v) is 5.10. The fourth-order valence-corrected chi connectivity index (χ4v) is 2.14. The molecular formula is C14H17BrN2O. The second kappa shape index (κ2) is 6.55. The second-order valence-electron chi connectivity index (χ2n) is 4.31. The Labute approximate surface area is 117 Å². The summed E-state index contributed by atoms with van der Waals surface area (Å²) in [5.74, 6) is -0.187. The van der Waals surface area contributed by atoms with E-state index in [4.69, 9.17) is 5.26 Å². The summed E-state index contributed by atoms with van der Waals surface area (Å²) >= 11 is 3.45. The number of halogens is 1. The van der Waals surface area contributed by atoms with Crippen LogP contribution in [0.1, 0.15) is 29.8 Å². The zero-order chi connectivity index (χ0) is 13.7. The van der Waals surface area contributed by atoms with Gasteiger partial charge < -0.3 is 4.90 Å². The molecule has 1 unspecified atom stereocenters. The highest BCUT2D eigenvalue weighted by molar-refractivity contribution is 9.10. The van der Waals surface area contributed by atoms with E-state index in [0.29, 0.717) is 18.7 Å². The summed E-state index contributed by atoms with van der Waals surface area (Å²) < 4.78 is 0.832. The van der Waals surface area contributed by atoms with Crippen molar-refractivity contribution in [2.75, 3.05) is 13.1 Å². The zero-order valence-corrected chi connectivity index (χ0v) is 12.5. The van der Waals surface area contributed by atoms with Gasteiger partial charge >= 0.3 is 0 Å². The molecule has 0 aromatic heterocycles. The lowest BCUT2D eigenvalue weighted by Crippen LogP contribution is -2.34. The summed E-state index contributed by atoms with van der Waals surface area (Å²) in [6.07, 6.45) is 0. The normalized spacial score (nSPS) is 11.7. The third-order valence-electron chi connectivity index (χ3n) is 2.81. The van der Waals surface area contributed by atoms with Gasteiger partial charge in [-0.05, 0) is 48.3 Å². The number of hydrogen-bond donors (Lipinski definition) is 0. The van der Waals surface area contributed by atoms with Gasteiger partial charge in [0.1, 0.15) is 0 Å². The van der Waals surface area contributed by atoms with Crippen molar-refractivity contribution in [1.29, 1.82) is 5.26 Å². The van der Waals surface area contributed by atoms with Crippen molar-refractivity contribution < 1.29 is 4.79 Å². The first-order valence-electron chi connectivity index (χ1n) is 5.95. The molecule has 1 aromatic carbocycles. The standard InChI is InChI=1S/C14H17BrN2O/c1-4-17(9-10(2)8-16)14(18)12-7-5-6-11(3)13(12)15/h5-7,10H,4,9H2,1-3H3. The number of benzene rings is 1. The molecule has 1 amide bonds. The van der Waals surface area contributed by atoms with Crippen molar-refractivity contribution in [3.8, 4) is 6.07 Å². The Kier molecular flexibility index (Phi) is 5.36. The summed E-state index contributed by atoms with van der Waals surface area (Å²) in [4.78, 5) is 14.1. The molecule has 0 heterocycles. The van der Waals surface area contributed by atoms with E-state index in [2.05, 4.69) is 22.0 Å². The average molecular weight is 309 g/mol. The number of aryl methyl sites for hydroxylation is 1. The minimum absolute atomic E-state index is 0.0322. The van der Waals surface area contributed by atoms with E-state index in [0.717, 1.165) is 10.0 Å². The highest BCUT2D eigenvalue weighted by Gasteiger charge is 2.19. The monoisotopic (exact) mass is 308 g/mol. The predicted octanol–water partition coefficient (Wildman–Crippen LogP) is 3.38. The number of hydrogen-bond acceptors (Lipinski definition) is 2. The molecule has 0 bridgehead atoms. The molecule has 0 fully saturated rings. The van der Waals surface area contributed by atoms with E-state index in [1.165, 1.54) is 0 Å². The lowest BCUT2D eigenvalue weighted by Gasteiger charge is -2.22. The summed E-state index contributed by atoms with van der Waals surface area (Å²) in [5.41, 5.74) is 1.69. The minimum Gasteiger partial charge on any atom is -0.338 e. The van der Waals surface area contributed by atoms with Gasteiger partial charge in [0.05, 0.1) is 17.6 Å². The van der Waals surface area contributed by atoms with Crippen molar-refractivity contribution in [3.63, 3.8) is 0 Å². The molecule has 1 aromatic rings. The van der Waals surface area contributed by atoms with Gasteiger partial charge in [0, 0.05) is 17.6 Å². The lowest BCUT2D eigenvalue weighted by molar-refractivity contribution is 0.0751. The van der Waals surface area contributed by atoms with Gasteiger partial charge in [0.25, 0.3) is 5.91 Å². The first-order chi connectivity index (χ1) is 8.51. The smallest absolute Gasteiger partial charge is 0.255 e. The largest absolute Gasteiger partial charge is 0.338 e. The molecule has 96 valence electrons. The maximum Gasteiger partial charge on any atom is 0.255 e. The summed E-state index contributed by atoms with van der Waals surface area (Å²) in [5, 5.41) is 8.83. The maximum atomic E-state index is 12.4. The lowest BCUT2D eigenvalue weighted by atomic mass is 10.1. The fraction of sp³-hybridized carbons (Fsp3) is 0.429. The van der Waals surface area contributed by atoms with Gasteiger partial charge in [-0.1, -0.05) is 12.1 Å². The van der Waals surface area contributed by atoms with Crippen LogP contribution in [-0.4, -0.2) is 23.9 Å². The van der Waals surface area contributed by atoms with E-state index >= 15 is 0 Å². The molecule has 0 aliphatic heterocycles. The van der Waals surface area contributed by atoms with Crippen LogP contribution in [0.15, 0.2) is 22.7 Å². The molecule has 0 saturated carbocycles. The molecule has 0 saturated heterocycles. The van der Waals surface area contributed by atoms with E-state index < -0.39 is 0 Å². The third-order valence-corrected chi connectivity index (χ3v) is 3.86. The van der Waals surface area contributed by atoms with E-state index in [1.807, 2.05) is 32.9 Å². The Morgan fingerprint density at radius 1 is 1.56 bits per heavy atom. The van der Waals surface area contributed by atoms with Gasteiger partial charge in [0.2, 0.25) is 0 Å². The molecular weight excluding hydrogens is 292 g/mol. The summed E-state index contributed by atoms with van der Waals surface area (Å²) in [7, 11) is 0. The van der Waals surface area contributed by atoms with Gasteiger partial charge in [-0.25, -0.2) is 0 Å². The van der Waals surface area contributed by atoms with Crippen LogP contribution < -0.4 is 0 Å². The minimum atomic E-state index is -0.155. The molecule has 18 heavy (non-hydrogen) atoms. The van der Waals surface area contributed by atoms with Crippen molar-refractivity contribution >= 4 is 21.8 Å². The van der Waals surface area contributed by atoms with Gasteiger partial charge in [-0.2, -0.15) is 5.26 Å². The van der Waals surface area contributed by atoms with Gasteiger partial charge in [-0.3, -0.25) is 4.79 Å². The molecule has 1 atom stereocenters. The highest BCUT2D eigenvalue weighted by atomic mass is 79.9. The molecule has 0 aliphatic rings. The van der Waals surface area contributed by atoms with Crippen molar-refractivity contribution in [2.24, 2.45) is 5.92 Å². The van der Waals surface area contributed by atoms with Gasteiger partial charge in [-0.15, -0.1) is 0 Å². The SMILES string of the molecule is CCN(CC(C)C#N)C(=O)c1cccc(C)c1Br. The van der Waals surface area contributed by atoms with E-state index in [9.17, 15) is 4.79 Å². The molecule has 0 aliphatic carbocycles. The van der Waals surface area contributed by atoms with Crippen molar-refractivity contribution in [3.05, 3.63) is 33.8 Å². The predicted molar refractivity (Wildman–Crippen MR) is 75.2 cm³/mol. The molecule has 0 spiro atoms. The van der Waals surface area contributed by atoms with Crippen LogP contribution in [0, 0.1) is 24.2 Å². The van der Waals surface area contributed by atoms with E-state index in [-0.39, 0.29) is 11.8 Å². The van der Waals surface area contributed by atoms with Gasteiger partial charge in [0.15, 0.2) is 0 Å². The van der Waals surface area contributed by atoms with Crippen molar-refractivity contribution in [2.45, 2.75) is 20.8 Å². The zero-order valence-electron chi connectivity index (χ0n) is 10.9. The van der Waals surface area contributed by atoms with Crippen molar-refractivity contribution in [1.82, 2.24) is 4.90 Å². The van der Waals surface area contributed by atoms with Crippen LogP contribution in [-0.2, 0) is 0 Å². The van der Waals surface area contributed by atoms with Crippen LogP contribution in [0.25, 0.3) is 0 Å². The summed E-state index contributed by atoms with van der Waals surface area (Å²) in [6.45, 7) is 6.76. The molecule has 0 radical (unpaired) electrons. The first kappa shape index (κ1) is 14.7. The van der Waals surface area contributed by atoms with Crippen LogP contribution in [0.3, 0.4) is 0 Å². The Hall–Kier alpha value is -1.34. The third kappa shape index (κ3) is 3.33. The number of rotatable bonds is 4. The first-order valence-corrected chi connectivity index (χ1v) is 6.74. The van der Waals surface area contributed by atoms with Crippen LogP contribution in [0.2, 0.25) is 0 Å². The van der Waals surface area contributed by atoms with Crippen LogP contribution in [0.4, 0.5) is 0 Å². The average Bonchev–Trinajstić information content (AvgIpc) is 2.38. The maximum absolute atomic E-state index is 12.4. The number of carbonyl (C=O) groups is 1. The molecule has 3 nitrogen and oxygen atoms in total. The number of amides is 1. The number of nitrogens with zero attached hydrogens (tertiary/aromatic N) is 2. The quantitative estimate of drug-likeness (QED) is 0.856.